The van der Waals surface area contributed by atoms with Gasteiger partial charge in [-0.1, -0.05) is 6.07 Å². The third kappa shape index (κ3) is 1.41. The fraction of sp³-hybridized carbons (Fsp3) is 0. The van der Waals surface area contributed by atoms with Crippen LogP contribution in [0.5, 0.6) is 0 Å². The lowest BCUT2D eigenvalue weighted by atomic mass is 10.4. The molecule has 2 rings (SSSR count). The Morgan fingerprint density at radius 1 is 1.42 bits per heavy atom. The minimum atomic E-state index is 0.293. The van der Waals surface area contributed by atoms with Crippen molar-refractivity contribution in [2.75, 3.05) is 0 Å². The maximum Gasteiger partial charge on any atom is 0.100 e. The summed E-state index contributed by atoms with van der Waals surface area (Å²) in [6.45, 7) is 0. The van der Waals surface area contributed by atoms with Crippen molar-refractivity contribution in [1.29, 1.82) is 0 Å². The summed E-state index contributed by atoms with van der Waals surface area (Å²) in [5, 5.41) is 9.62. The largest absolute Gasteiger partial charge is 0.738 e. The highest BCUT2D eigenvalue weighted by Gasteiger charge is 1.98. The molecule has 0 aromatic carbocycles. The Bertz CT molecular complexity index is 372. The topological polar surface area (TPSA) is 38.7 Å². The summed E-state index contributed by atoms with van der Waals surface area (Å²) in [6.07, 6.45) is 1.61. The molecule has 0 saturated carbocycles. The van der Waals surface area contributed by atoms with E-state index in [1.807, 2.05) is 17.5 Å². The van der Waals surface area contributed by atoms with Crippen LogP contribution in [-0.2, 0) is 12.6 Å². The third-order valence-electron chi connectivity index (χ3n) is 1.31. The van der Waals surface area contributed by atoms with E-state index in [1.165, 1.54) is 0 Å². The number of hydrogen-bond donors (Lipinski definition) is 0. The molecule has 0 atom stereocenters. The zero-order chi connectivity index (χ0) is 8.39. The molecule has 60 valence electrons. The molecule has 2 heterocycles. The van der Waals surface area contributed by atoms with E-state index in [9.17, 15) is 0 Å². The highest BCUT2D eigenvalue weighted by atomic mass is 32.1. The standard InChI is InChI=1S/C7H5N3S2/c11-7-9-5(4-8-10-7)6-2-1-3-12-6/h1-4H,(H,9,10,11)/p-1. The number of thiophene rings is 1. The lowest BCUT2D eigenvalue weighted by Gasteiger charge is -2.01. The Kier molecular flexibility index (Phi) is 1.97. The summed E-state index contributed by atoms with van der Waals surface area (Å²) in [5.74, 6) is 0. The second kappa shape index (κ2) is 3.12. The van der Waals surface area contributed by atoms with Gasteiger partial charge in [-0.05, 0) is 11.4 Å². The summed E-state index contributed by atoms with van der Waals surface area (Å²) >= 11 is 6.40. The molecule has 0 radical (unpaired) electrons. The molecule has 5 heteroatoms. The lowest BCUT2D eigenvalue weighted by molar-refractivity contribution is 0.848. The molecule has 0 spiro atoms. The maximum atomic E-state index is 4.79. The normalized spacial score (nSPS) is 10.0. The van der Waals surface area contributed by atoms with Crippen molar-refractivity contribution in [3.05, 3.63) is 23.7 Å². The van der Waals surface area contributed by atoms with Crippen molar-refractivity contribution < 1.29 is 0 Å². The van der Waals surface area contributed by atoms with E-state index >= 15 is 0 Å². The molecule has 0 bridgehead atoms. The molecule has 2 aromatic heterocycles. The van der Waals surface area contributed by atoms with Crippen LogP contribution in [-0.4, -0.2) is 15.2 Å². The Labute approximate surface area is 78.9 Å². The van der Waals surface area contributed by atoms with Crippen LogP contribution in [0.4, 0.5) is 0 Å². The van der Waals surface area contributed by atoms with Crippen LogP contribution in [0.1, 0.15) is 0 Å². The van der Waals surface area contributed by atoms with Gasteiger partial charge in [-0.15, -0.1) is 11.3 Å². The first-order chi connectivity index (χ1) is 5.86. The molecule has 0 unspecified atom stereocenters. The highest BCUT2D eigenvalue weighted by Crippen LogP contribution is 2.20. The van der Waals surface area contributed by atoms with Crippen molar-refractivity contribution in [3.63, 3.8) is 0 Å². The zero-order valence-electron chi connectivity index (χ0n) is 5.97. The smallest absolute Gasteiger partial charge is 0.100 e. The molecular weight excluding hydrogens is 190 g/mol. The molecule has 0 aliphatic carbocycles. The fourth-order valence-corrected chi connectivity index (χ4v) is 1.66. The molecule has 3 nitrogen and oxygen atoms in total. The molecule has 2 aromatic rings. The van der Waals surface area contributed by atoms with Crippen molar-refractivity contribution in [3.8, 4) is 10.6 Å². The van der Waals surface area contributed by atoms with E-state index in [4.69, 9.17) is 12.6 Å². The zero-order valence-corrected chi connectivity index (χ0v) is 7.60. The monoisotopic (exact) mass is 194 g/mol. The minimum Gasteiger partial charge on any atom is -0.738 e. The quantitative estimate of drug-likeness (QED) is 0.645. The predicted octanol–water partition coefficient (Wildman–Crippen LogP) is 1.51. The molecule has 0 N–H and O–H groups in total. The lowest BCUT2D eigenvalue weighted by Crippen LogP contribution is -1.91. The van der Waals surface area contributed by atoms with Crippen LogP contribution in [0.25, 0.3) is 10.6 Å². The summed E-state index contributed by atoms with van der Waals surface area (Å²) < 4.78 is 0. The minimum absolute atomic E-state index is 0.293. The Morgan fingerprint density at radius 3 is 3.00 bits per heavy atom. The first-order valence-electron chi connectivity index (χ1n) is 3.27. The van der Waals surface area contributed by atoms with Crippen LogP contribution < -0.4 is 0 Å². The summed E-state index contributed by atoms with van der Waals surface area (Å²) in [6, 6.07) is 3.94. The van der Waals surface area contributed by atoms with Crippen molar-refractivity contribution in [2.45, 2.75) is 5.16 Å². The van der Waals surface area contributed by atoms with Gasteiger partial charge in [-0.2, -0.15) is 10.2 Å². The molecule has 0 fully saturated rings. The van der Waals surface area contributed by atoms with Crippen LogP contribution in [0.3, 0.4) is 0 Å². The van der Waals surface area contributed by atoms with Gasteiger partial charge < -0.3 is 12.6 Å². The van der Waals surface area contributed by atoms with Crippen molar-refractivity contribution in [2.24, 2.45) is 0 Å². The number of hydrogen-bond acceptors (Lipinski definition) is 5. The van der Waals surface area contributed by atoms with E-state index in [0.717, 1.165) is 10.6 Å². The van der Waals surface area contributed by atoms with E-state index < -0.39 is 0 Å². The Morgan fingerprint density at radius 2 is 2.33 bits per heavy atom. The van der Waals surface area contributed by atoms with Gasteiger partial charge in [-0.3, -0.25) is 4.98 Å². The SMILES string of the molecule is [S-]c1nncc(-c2cccs2)n1. The predicted molar refractivity (Wildman–Crippen MR) is 48.8 cm³/mol. The summed E-state index contributed by atoms with van der Waals surface area (Å²) in [7, 11) is 0. The van der Waals surface area contributed by atoms with Crippen LogP contribution in [0.15, 0.2) is 28.9 Å². The summed E-state index contributed by atoms with van der Waals surface area (Å²) in [5.41, 5.74) is 0.796. The second-order valence-electron chi connectivity index (χ2n) is 2.10. The van der Waals surface area contributed by atoms with Crippen molar-refractivity contribution in [1.82, 2.24) is 15.2 Å². The van der Waals surface area contributed by atoms with Crippen LogP contribution >= 0.6 is 11.3 Å². The van der Waals surface area contributed by atoms with Gasteiger partial charge >= 0.3 is 0 Å². The second-order valence-corrected chi connectivity index (χ2v) is 3.41. The van der Waals surface area contributed by atoms with Gasteiger partial charge in [-0.25, -0.2) is 0 Å². The van der Waals surface area contributed by atoms with Crippen LogP contribution in [0, 0.1) is 0 Å². The maximum absolute atomic E-state index is 4.79. The van der Waals surface area contributed by atoms with Gasteiger partial charge in [0, 0.05) is 5.16 Å². The molecule has 0 amide bonds. The van der Waals surface area contributed by atoms with Gasteiger partial charge in [0.1, 0.15) is 5.69 Å². The third-order valence-corrected chi connectivity index (χ3v) is 2.38. The van der Waals surface area contributed by atoms with Gasteiger partial charge in [0.15, 0.2) is 0 Å². The molecular formula is C7H4N3S2-. The van der Waals surface area contributed by atoms with Crippen molar-refractivity contribution >= 4 is 24.0 Å². The van der Waals surface area contributed by atoms with Crippen LogP contribution in [0.2, 0.25) is 0 Å². The average molecular weight is 194 g/mol. The number of nitrogens with zero attached hydrogens (tertiary/aromatic N) is 3. The van der Waals surface area contributed by atoms with Gasteiger partial charge in [0.2, 0.25) is 0 Å². The molecule has 0 aliphatic rings. The first kappa shape index (κ1) is 7.57. The average Bonchev–Trinajstić information content (AvgIpc) is 2.56. The molecule has 0 saturated heterocycles. The number of rotatable bonds is 1. The fourth-order valence-electron chi connectivity index (χ4n) is 0.830. The Hall–Kier alpha value is -1.07. The molecule has 12 heavy (non-hydrogen) atoms. The van der Waals surface area contributed by atoms with Gasteiger partial charge in [0.05, 0.1) is 11.1 Å². The Balaban J connectivity index is 2.48. The van der Waals surface area contributed by atoms with E-state index in [0.29, 0.717) is 5.16 Å². The molecule has 0 aliphatic heterocycles. The van der Waals surface area contributed by atoms with E-state index in [-0.39, 0.29) is 0 Å². The highest BCUT2D eigenvalue weighted by molar-refractivity contribution is 7.58. The van der Waals surface area contributed by atoms with E-state index in [1.54, 1.807) is 17.5 Å². The van der Waals surface area contributed by atoms with Gasteiger partial charge in [0.25, 0.3) is 0 Å². The summed E-state index contributed by atoms with van der Waals surface area (Å²) in [4.78, 5) is 5.13. The first-order valence-corrected chi connectivity index (χ1v) is 4.55. The van der Waals surface area contributed by atoms with E-state index in [2.05, 4.69) is 15.2 Å². The number of aromatic nitrogens is 3.